The Balaban J connectivity index is 1.92. The summed E-state index contributed by atoms with van der Waals surface area (Å²) in [5.41, 5.74) is 1.78. The fourth-order valence-corrected chi connectivity index (χ4v) is 3.15. The number of methoxy groups -OCH3 is 2. The predicted molar refractivity (Wildman–Crippen MR) is 115 cm³/mol. The number of amides is 1. The Morgan fingerprint density at radius 1 is 1.06 bits per heavy atom. The molecule has 6 nitrogen and oxygen atoms in total. The molecular weight excluding hydrogens is 425 g/mol. The van der Waals surface area contributed by atoms with Crippen molar-refractivity contribution in [3.63, 3.8) is 0 Å². The first-order valence-electron chi connectivity index (χ1n) is 10.1. The lowest BCUT2D eigenvalue weighted by atomic mass is 10.1. The van der Waals surface area contributed by atoms with Crippen molar-refractivity contribution in [3.8, 4) is 17.2 Å². The highest BCUT2D eigenvalue weighted by atomic mass is 19.4. The average molecular weight is 454 g/mol. The molecule has 0 aromatic heterocycles. The second kappa shape index (κ2) is 11.6. The Bertz CT molecular complexity index is 888. The first kappa shape index (κ1) is 25.3. The molecule has 0 saturated heterocycles. The van der Waals surface area contributed by atoms with E-state index in [1.165, 1.54) is 13.2 Å². The lowest BCUT2D eigenvalue weighted by Gasteiger charge is -2.25. The molecule has 1 atom stereocenters. The van der Waals surface area contributed by atoms with Gasteiger partial charge in [0, 0.05) is 13.0 Å². The molecule has 2 rings (SSSR count). The number of nitrogens with zero attached hydrogens (tertiary/aromatic N) is 1. The van der Waals surface area contributed by atoms with Crippen molar-refractivity contribution in [2.24, 2.45) is 0 Å². The van der Waals surface area contributed by atoms with Gasteiger partial charge >= 0.3 is 6.18 Å². The van der Waals surface area contributed by atoms with E-state index in [4.69, 9.17) is 14.2 Å². The molecule has 0 bridgehead atoms. The van der Waals surface area contributed by atoms with E-state index in [0.29, 0.717) is 13.0 Å². The molecule has 0 heterocycles. The standard InChI is InChI=1S/C23H29F3N2O4/c1-28(2)19(17-6-5-7-18(13-17)30-3)14-27-22(29)11-9-16-8-10-20(21(12-16)31-4)32-15-23(24,25)26/h5-8,10,12-13,19H,9,11,14-15H2,1-4H3,(H,27,29). The highest BCUT2D eigenvalue weighted by Crippen LogP contribution is 2.30. The van der Waals surface area contributed by atoms with Crippen molar-refractivity contribution in [2.75, 3.05) is 41.5 Å². The molecule has 0 aliphatic carbocycles. The van der Waals surface area contributed by atoms with Crippen LogP contribution in [0.2, 0.25) is 0 Å². The van der Waals surface area contributed by atoms with Crippen LogP contribution in [0, 0.1) is 0 Å². The smallest absolute Gasteiger partial charge is 0.422 e. The van der Waals surface area contributed by atoms with Gasteiger partial charge in [0.05, 0.1) is 20.3 Å². The van der Waals surface area contributed by atoms with Gasteiger partial charge in [0.25, 0.3) is 0 Å². The maximum absolute atomic E-state index is 12.4. The minimum Gasteiger partial charge on any atom is -0.497 e. The van der Waals surface area contributed by atoms with E-state index in [-0.39, 0.29) is 29.9 Å². The van der Waals surface area contributed by atoms with E-state index < -0.39 is 12.8 Å². The summed E-state index contributed by atoms with van der Waals surface area (Å²) < 4.78 is 52.3. The number of carbonyl (C=O) groups is 1. The summed E-state index contributed by atoms with van der Waals surface area (Å²) in [5, 5.41) is 2.94. The summed E-state index contributed by atoms with van der Waals surface area (Å²) >= 11 is 0. The number of ether oxygens (including phenoxy) is 3. The van der Waals surface area contributed by atoms with E-state index in [1.807, 2.05) is 43.3 Å². The van der Waals surface area contributed by atoms with Crippen molar-refractivity contribution >= 4 is 5.91 Å². The van der Waals surface area contributed by atoms with Gasteiger partial charge in [0.1, 0.15) is 5.75 Å². The topological polar surface area (TPSA) is 60.0 Å². The van der Waals surface area contributed by atoms with Crippen LogP contribution in [0.3, 0.4) is 0 Å². The normalized spacial score (nSPS) is 12.4. The molecule has 9 heteroatoms. The minimum atomic E-state index is -4.43. The maximum atomic E-state index is 12.4. The highest BCUT2D eigenvalue weighted by Gasteiger charge is 2.29. The summed E-state index contributed by atoms with van der Waals surface area (Å²) in [7, 11) is 6.83. The fraction of sp³-hybridized carbons (Fsp3) is 0.435. The molecule has 0 saturated carbocycles. The van der Waals surface area contributed by atoms with Crippen molar-refractivity contribution in [1.82, 2.24) is 10.2 Å². The van der Waals surface area contributed by atoms with Gasteiger partial charge in [-0.25, -0.2) is 0 Å². The number of nitrogens with one attached hydrogen (secondary N) is 1. The molecule has 176 valence electrons. The monoisotopic (exact) mass is 454 g/mol. The Morgan fingerprint density at radius 2 is 1.81 bits per heavy atom. The van der Waals surface area contributed by atoms with Crippen LogP contribution < -0.4 is 19.5 Å². The van der Waals surface area contributed by atoms with Crippen LogP contribution in [-0.4, -0.2) is 58.4 Å². The third kappa shape index (κ3) is 7.96. The second-order valence-corrected chi connectivity index (χ2v) is 7.45. The lowest BCUT2D eigenvalue weighted by molar-refractivity contribution is -0.153. The fourth-order valence-electron chi connectivity index (χ4n) is 3.15. The lowest BCUT2D eigenvalue weighted by Crippen LogP contribution is -2.34. The molecular formula is C23H29F3N2O4. The molecule has 1 N–H and O–H groups in total. The molecule has 0 radical (unpaired) electrons. The SMILES string of the molecule is COc1cccc(C(CNC(=O)CCc2ccc(OCC(F)(F)F)c(OC)c2)N(C)C)c1. The number of hydrogen-bond acceptors (Lipinski definition) is 5. The first-order valence-corrected chi connectivity index (χ1v) is 10.1. The highest BCUT2D eigenvalue weighted by molar-refractivity contribution is 5.76. The maximum Gasteiger partial charge on any atom is 0.422 e. The number of benzene rings is 2. The average Bonchev–Trinajstić information content (AvgIpc) is 2.76. The van der Waals surface area contributed by atoms with Gasteiger partial charge < -0.3 is 24.4 Å². The largest absolute Gasteiger partial charge is 0.497 e. The summed E-state index contributed by atoms with van der Waals surface area (Å²) in [4.78, 5) is 14.4. The molecule has 0 aliphatic heterocycles. The molecule has 1 unspecified atom stereocenters. The van der Waals surface area contributed by atoms with Gasteiger partial charge in [-0.3, -0.25) is 4.79 Å². The van der Waals surface area contributed by atoms with Crippen LogP contribution in [0.15, 0.2) is 42.5 Å². The molecule has 0 aliphatic rings. The number of halogens is 3. The molecule has 2 aromatic carbocycles. The Kier molecular flexibility index (Phi) is 9.19. The van der Waals surface area contributed by atoms with Crippen LogP contribution in [0.1, 0.15) is 23.6 Å². The number of carbonyl (C=O) groups excluding carboxylic acids is 1. The zero-order chi connectivity index (χ0) is 23.7. The summed E-state index contributed by atoms with van der Waals surface area (Å²) in [5.74, 6) is 0.816. The quantitative estimate of drug-likeness (QED) is 0.556. The molecule has 0 fully saturated rings. The van der Waals surface area contributed by atoms with Gasteiger partial charge in [-0.05, 0) is 55.9 Å². The third-order valence-electron chi connectivity index (χ3n) is 4.85. The van der Waals surface area contributed by atoms with Crippen LogP contribution in [0.4, 0.5) is 13.2 Å². The Labute approximate surface area is 186 Å². The number of rotatable bonds is 11. The molecule has 0 spiro atoms. The zero-order valence-electron chi connectivity index (χ0n) is 18.7. The van der Waals surface area contributed by atoms with E-state index in [0.717, 1.165) is 16.9 Å². The number of aryl methyl sites for hydroxylation is 1. The van der Waals surface area contributed by atoms with Crippen molar-refractivity contribution in [2.45, 2.75) is 25.1 Å². The van der Waals surface area contributed by atoms with Gasteiger partial charge in [-0.15, -0.1) is 0 Å². The first-order chi connectivity index (χ1) is 15.1. The summed E-state index contributed by atoms with van der Waals surface area (Å²) in [6, 6.07) is 12.3. The summed E-state index contributed by atoms with van der Waals surface area (Å²) in [6.45, 7) is -0.974. The second-order valence-electron chi connectivity index (χ2n) is 7.45. The van der Waals surface area contributed by atoms with Crippen molar-refractivity contribution in [3.05, 3.63) is 53.6 Å². The van der Waals surface area contributed by atoms with E-state index in [1.54, 1.807) is 19.2 Å². The Morgan fingerprint density at radius 3 is 2.44 bits per heavy atom. The van der Waals surface area contributed by atoms with Crippen LogP contribution >= 0.6 is 0 Å². The van der Waals surface area contributed by atoms with Gasteiger partial charge in [-0.2, -0.15) is 13.2 Å². The van der Waals surface area contributed by atoms with Gasteiger partial charge in [0.2, 0.25) is 5.91 Å². The van der Waals surface area contributed by atoms with Crippen LogP contribution in [0.5, 0.6) is 17.2 Å². The number of alkyl halides is 3. The van der Waals surface area contributed by atoms with E-state index in [2.05, 4.69) is 5.32 Å². The molecule has 2 aromatic rings. The van der Waals surface area contributed by atoms with Gasteiger partial charge in [0.15, 0.2) is 18.1 Å². The zero-order valence-corrected chi connectivity index (χ0v) is 18.7. The van der Waals surface area contributed by atoms with Crippen molar-refractivity contribution < 1.29 is 32.2 Å². The molecule has 32 heavy (non-hydrogen) atoms. The Hall–Kier alpha value is -2.94. The molecule has 1 amide bonds. The van der Waals surface area contributed by atoms with E-state index >= 15 is 0 Å². The van der Waals surface area contributed by atoms with Gasteiger partial charge in [-0.1, -0.05) is 18.2 Å². The third-order valence-corrected chi connectivity index (χ3v) is 4.85. The van der Waals surface area contributed by atoms with Crippen molar-refractivity contribution in [1.29, 1.82) is 0 Å². The number of likely N-dealkylation sites (N-methyl/N-ethyl adjacent to an activating group) is 1. The van der Waals surface area contributed by atoms with E-state index in [9.17, 15) is 18.0 Å². The summed E-state index contributed by atoms with van der Waals surface area (Å²) in [6.07, 6.45) is -3.80. The minimum absolute atomic E-state index is 0.00476. The van der Waals surface area contributed by atoms with Crippen LogP contribution in [0.25, 0.3) is 0 Å². The number of hydrogen-bond donors (Lipinski definition) is 1. The predicted octanol–water partition coefficient (Wildman–Crippen LogP) is 4.00. The van der Waals surface area contributed by atoms with Crippen LogP contribution in [-0.2, 0) is 11.2 Å².